The number of Topliss-reactive ketones (excluding diaryl/α,β-unsaturated/α-hetero) is 2. The maximum Gasteiger partial charge on any atom is 0.269 e. The Morgan fingerprint density at radius 3 is 2.76 bits per heavy atom. The largest absolute Gasteiger partial charge is 0.506 e. The molecule has 0 saturated heterocycles. The number of H-pyrrole nitrogens is 1. The average Bonchev–Trinajstić information content (AvgIpc) is 3.63. The quantitative estimate of drug-likeness (QED) is 0.306. The van der Waals surface area contributed by atoms with Crippen molar-refractivity contribution in [3.05, 3.63) is 62.1 Å². The highest BCUT2D eigenvalue weighted by Crippen LogP contribution is 2.36. The number of pyridine rings is 1. The Morgan fingerprint density at radius 2 is 2.03 bits per heavy atom. The van der Waals surface area contributed by atoms with Gasteiger partial charge in [0.05, 0.1) is 10.4 Å². The van der Waals surface area contributed by atoms with Crippen molar-refractivity contribution in [2.45, 2.75) is 25.7 Å². The van der Waals surface area contributed by atoms with Crippen LogP contribution in [-0.2, 0) is 25.5 Å². The molecule has 5 rings (SSSR count). The van der Waals surface area contributed by atoms with E-state index in [9.17, 15) is 24.3 Å². The molecule has 10 nitrogen and oxygen atoms in total. The number of hydrogen-bond donors (Lipinski definition) is 3. The molecule has 2 heterocycles. The second kappa shape index (κ2) is 8.49. The molecule has 1 aliphatic heterocycles. The van der Waals surface area contributed by atoms with Gasteiger partial charge < -0.3 is 20.6 Å². The molecule has 1 aromatic heterocycles. The molecule has 1 fully saturated rings. The summed E-state index contributed by atoms with van der Waals surface area (Å²) in [4.78, 5) is 51.6. The van der Waals surface area contributed by atoms with Gasteiger partial charge in [0.15, 0.2) is 18.2 Å². The molecule has 1 saturated carbocycles. The SMILES string of the molecule is NC(=O)COC1=CC2=C([N]C(c3c(O)c4ccc(CCC5CC5)cc4[nH]c3=O)=NS2)C(=O)C1=O. The number of aryl methyl sites for hydroxylation is 1. The molecule has 34 heavy (non-hydrogen) atoms. The highest BCUT2D eigenvalue weighted by molar-refractivity contribution is 8.02. The molecule has 0 atom stereocenters. The van der Waals surface area contributed by atoms with Gasteiger partial charge in [0, 0.05) is 23.4 Å². The van der Waals surface area contributed by atoms with Crippen molar-refractivity contribution in [2.24, 2.45) is 16.0 Å². The third kappa shape index (κ3) is 4.10. The Hall–Kier alpha value is -3.86. The van der Waals surface area contributed by atoms with Crippen molar-refractivity contribution in [3.8, 4) is 5.75 Å². The maximum atomic E-state index is 12.8. The monoisotopic (exact) mass is 479 g/mol. The highest BCUT2D eigenvalue weighted by Gasteiger charge is 2.36. The molecule has 1 aromatic carbocycles. The summed E-state index contributed by atoms with van der Waals surface area (Å²) in [6, 6.07) is 5.48. The molecule has 0 bridgehead atoms. The fourth-order valence-electron chi connectivity index (χ4n) is 3.80. The van der Waals surface area contributed by atoms with Crippen LogP contribution in [-0.4, -0.2) is 40.0 Å². The first-order valence-electron chi connectivity index (χ1n) is 10.6. The molecule has 2 aliphatic carbocycles. The van der Waals surface area contributed by atoms with Gasteiger partial charge in [-0.3, -0.25) is 19.2 Å². The minimum Gasteiger partial charge on any atom is -0.506 e. The number of fused-ring (bicyclic) bond motifs is 1. The van der Waals surface area contributed by atoms with Gasteiger partial charge in [-0.05, 0) is 36.5 Å². The molecule has 11 heteroatoms. The van der Waals surface area contributed by atoms with Crippen molar-refractivity contribution in [1.82, 2.24) is 10.3 Å². The van der Waals surface area contributed by atoms with Crippen molar-refractivity contribution in [3.63, 3.8) is 0 Å². The van der Waals surface area contributed by atoms with Gasteiger partial charge in [0.25, 0.3) is 23.0 Å². The Balaban J connectivity index is 1.44. The van der Waals surface area contributed by atoms with E-state index in [1.54, 1.807) is 6.07 Å². The lowest BCUT2D eigenvalue weighted by atomic mass is 10.0. The molecular formula is C23H19N4O6S. The number of amides is 1. The fraction of sp³-hybridized carbons (Fsp3) is 0.261. The van der Waals surface area contributed by atoms with E-state index in [0.29, 0.717) is 10.9 Å². The summed E-state index contributed by atoms with van der Waals surface area (Å²) in [5.41, 5.74) is 5.53. The number of aromatic amines is 1. The highest BCUT2D eigenvalue weighted by atomic mass is 32.2. The minimum atomic E-state index is -0.999. The number of nitrogens with one attached hydrogen (secondary N) is 1. The first-order chi connectivity index (χ1) is 16.3. The molecule has 2 aromatic rings. The minimum absolute atomic E-state index is 0.182. The van der Waals surface area contributed by atoms with Crippen LogP contribution in [0.3, 0.4) is 0 Å². The maximum absolute atomic E-state index is 12.8. The number of hydrogen-bond acceptors (Lipinski definition) is 8. The average molecular weight is 479 g/mol. The van der Waals surface area contributed by atoms with Gasteiger partial charge in [0.2, 0.25) is 0 Å². The van der Waals surface area contributed by atoms with E-state index in [4.69, 9.17) is 10.5 Å². The number of rotatable bonds is 7. The number of carbonyl (C=O) groups is 3. The lowest BCUT2D eigenvalue weighted by Crippen LogP contribution is -2.35. The predicted octanol–water partition coefficient (Wildman–Crippen LogP) is 1.34. The topological polar surface area (TPSA) is 166 Å². The summed E-state index contributed by atoms with van der Waals surface area (Å²) < 4.78 is 9.15. The van der Waals surface area contributed by atoms with Crippen LogP contribution in [0.2, 0.25) is 0 Å². The molecule has 173 valence electrons. The second-order valence-corrected chi connectivity index (χ2v) is 9.10. The Bertz CT molecular complexity index is 1420. The zero-order valence-corrected chi connectivity index (χ0v) is 18.6. The second-order valence-electron chi connectivity index (χ2n) is 8.29. The van der Waals surface area contributed by atoms with Crippen molar-refractivity contribution in [1.29, 1.82) is 0 Å². The summed E-state index contributed by atoms with van der Waals surface area (Å²) in [5, 5.41) is 15.4. The summed E-state index contributed by atoms with van der Waals surface area (Å²) in [6.07, 6.45) is 5.77. The third-order valence-corrected chi connectivity index (χ3v) is 6.54. The Labute approximate surface area is 197 Å². The number of ether oxygens (including phenoxy) is 1. The van der Waals surface area contributed by atoms with Crippen molar-refractivity contribution >= 4 is 46.2 Å². The number of ketones is 2. The number of allylic oxidation sites excluding steroid dienone is 3. The molecule has 3 aliphatic rings. The molecule has 1 amide bonds. The normalized spacial score (nSPS) is 17.8. The number of benzene rings is 1. The van der Waals surface area contributed by atoms with E-state index in [2.05, 4.69) is 14.7 Å². The number of primary amides is 1. The van der Waals surface area contributed by atoms with Gasteiger partial charge in [-0.15, -0.1) is 0 Å². The lowest BCUT2D eigenvalue weighted by molar-refractivity contribution is -0.135. The van der Waals surface area contributed by atoms with Gasteiger partial charge >= 0.3 is 0 Å². The van der Waals surface area contributed by atoms with Gasteiger partial charge in [-0.2, -0.15) is 4.40 Å². The number of aromatic hydroxyl groups is 1. The number of aromatic nitrogens is 1. The van der Waals surface area contributed by atoms with E-state index < -0.39 is 29.6 Å². The van der Waals surface area contributed by atoms with Crippen LogP contribution in [0.25, 0.3) is 10.9 Å². The van der Waals surface area contributed by atoms with Gasteiger partial charge in [-0.25, -0.2) is 5.32 Å². The van der Waals surface area contributed by atoms with Crippen LogP contribution >= 0.6 is 11.9 Å². The molecule has 0 unspecified atom stereocenters. The summed E-state index contributed by atoms with van der Waals surface area (Å²) in [7, 11) is 0. The third-order valence-electron chi connectivity index (χ3n) is 5.77. The Kier molecular flexibility index (Phi) is 5.48. The van der Waals surface area contributed by atoms with E-state index >= 15 is 0 Å². The smallest absolute Gasteiger partial charge is 0.269 e. The first-order valence-corrected chi connectivity index (χ1v) is 11.4. The summed E-state index contributed by atoms with van der Waals surface area (Å²) >= 11 is 0.799. The van der Waals surface area contributed by atoms with Gasteiger partial charge in [-0.1, -0.05) is 18.9 Å². The van der Waals surface area contributed by atoms with E-state index in [1.807, 2.05) is 12.1 Å². The predicted molar refractivity (Wildman–Crippen MR) is 124 cm³/mol. The Morgan fingerprint density at radius 1 is 1.24 bits per heavy atom. The van der Waals surface area contributed by atoms with Crippen LogP contribution < -0.4 is 16.6 Å². The number of amidine groups is 1. The van der Waals surface area contributed by atoms with Crippen LogP contribution in [0.1, 0.15) is 30.4 Å². The van der Waals surface area contributed by atoms with E-state index in [-0.39, 0.29) is 33.5 Å². The first kappa shape index (κ1) is 22.0. The van der Waals surface area contributed by atoms with Crippen LogP contribution in [0.4, 0.5) is 0 Å². The van der Waals surface area contributed by atoms with E-state index in [1.165, 1.54) is 18.9 Å². The van der Waals surface area contributed by atoms with Crippen LogP contribution in [0, 0.1) is 5.92 Å². The summed E-state index contributed by atoms with van der Waals surface area (Å²) in [6.45, 7) is -0.563. The molecular weight excluding hydrogens is 460 g/mol. The molecule has 4 N–H and O–H groups in total. The van der Waals surface area contributed by atoms with Crippen LogP contribution in [0.15, 0.2) is 49.8 Å². The fourth-order valence-corrected chi connectivity index (χ4v) is 4.51. The standard InChI is InChI=1S/C23H19N4O6S/c24-16(28)9-33-14-8-15-18(21(31)20(14)30)26-22(27-34-15)17-19(29)12-6-5-11(4-3-10-1-2-10)7-13(12)25-23(17)32/h5-8,10H,1-4,9H2,(H2,24,28)(H2,25,29,32). The zero-order valence-electron chi connectivity index (χ0n) is 17.8. The van der Waals surface area contributed by atoms with Crippen molar-refractivity contribution < 1.29 is 24.2 Å². The lowest BCUT2D eigenvalue weighted by Gasteiger charge is -2.20. The number of nitrogens with two attached hydrogens (primary N) is 1. The molecule has 0 spiro atoms. The summed E-state index contributed by atoms with van der Waals surface area (Å²) in [5.74, 6) is -2.83. The number of nitrogens with zero attached hydrogens (tertiary/aromatic N) is 2. The van der Waals surface area contributed by atoms with Gasteiger partial charge in [0.1, 0.15) is 17.0 Å². The van der Waals surface area contributed by atoms with Crippen LogP contribution in [0.5, 0.6) is 5.75 Å². The van der Waals surface area contributed by atoms with Crippen molar-refractivity contribution in [2.75, 3.05) is 6.61 Å². The molecule has 1 radical (unpaired) electrons. The zero-order chi connectivity index (χ0) is 24.0. The van der Waals surface area contributed by atoms with E-state index in [0.717, 1.165) is 36.3 Å². The number of carbonyl (C=O) groups excluding carboxylic acids is 3.